The van der Waals surface area contributed by atoms with Crippen LogP contribution in [-0.4, -0.2) is 35.1 Å². The molecule has 0 aromatic heterocycles. The summed E-state index contributed by atoms with van der Waals surface area (Å²) >= 11 is 0. The molecule has 7 nitrogen and oxygen atoms in total. The van der Waals surface area contributed by atoms with Gasteiger partial charge in [-0.15, -0.1) is 0 Å². The van der Waals surface area contributed by atoms with Crippen molar-refractivity contribution in [2.75, 3.05) is 11.9 Å². The fourth-order valence-corrected chi connectivity index (χ4v) is 3.58. The number of hydrogen-bond acceptors (Lipinski definition) is 4. The van der Waals surface area contributed by atoms with Crippen molar-refractivity contribution in [3.05, 3.63) is 65.2 Å². The number of benzene rings is 2. The number of amides is 4. The maximum Gasteiger partial charge on any atom is 0.325 e. The van der Waals surface area contributed by atoms with E-state index in [1.165, 1.54) is 0 Å². The molecule has 1 fully saturated rings. The van der Waals surface area contributed by atoms with Gasteiger partial charge in [-0.2, -0.15) is 0 Å². The summed E-state index contributed by atoms with van der Waals surface area (Å²) in [6, 6.07) is 13.1. The lowest BCUT2D eigenvalue weighted by Gasteiger charge is -2.24. The summed E-state index contributed by atoms with van der Waals surface area (Å²) in [5.74, 6) is -0.913. The lowest BCUT2D eigenvalue weighted by molar-refractivity contribution is -0.130. The number of ketones is 1. The molecule has 2 aromatic rings. The number of aryl methyl sites for hydroxylation is 1. The molecule has 2 N–H and O–H groups in total. The van der Waals surface area contributed by atoms with Crippen molar-refractivity contribution >= 4 is 29.3 Å². The van der Waals surface area contributed by atoms with Crippen molar-refractivity contribution in [1.82, 2.24) is 10.2 Å². The molecule has 0 radical (unpaired) electrons. The average molecular weight is 407 g/mol. The number of carbonyl (C=O) groups is 4. The number of carbonyl (C=O) groups excluding carboxylic acids is 4. The highest BCUT2D eigenvalue weighted by molar-refractivity contribution is 6.11. The molecule has 1 saturated heterocycles. The van der Waals surface area contributed by atoms with Gasteiger partial charge in [0.1, 0.15) is 5.54 Å². The van der Waals surface area contributed by atoms with Crippen LogP contribution in [0.2, 0.25) is 0 Å². The zero-order valence-corrected chi connectivity index (χ0v) is 17.3. The Kier molecular flexibility index (Phi) is 6.01. The van der Waals surface area contributed by atoms with Gasteiger partial charge in [0, 0.05) is 17.7 Å². The molecule has 0 aliphatic carbocycles. The van der Waals surface area contributed by atoms with Crippen LogP contribution in [-0.2, 0) is 15.1 Å². The van der Waals surface area contributed by atoms with Gasteiger partial charge in [-0.1, -0.05) is 31.2 Å². The largest absolute Gasteiger partial charge is 0.326 e. The highest BCUT2D eigenvalue weighted by atomic mass is 16.2. The van der Waals surface area contributed by atoms with Crippen LogP contribution in [0.1, 0.15) is 48.2 Å². The first kappa shape index (κ1) is 21.2. The molecule has 1 aliphatic heterocycles. The molecule has 1 atom stereocenters. The van der Waals surface area contributed by atoms with Gasteiger partial charge in [-0.3, -0.25) is 19.3 Å². The molecule has 7 heteroatoms. The second-order valence-corrected chi connectivity index (χ2v) is 7.56. The van der Waals surface area contributed by atoms with Crippen LogP contribution in [0.3, 0.4) is 0 Å². The van der Waals surface area contributed by atoms with Crippen molar-refractivity contribution in [2.24, 2.45) is 0 Å². The van der Waals surface area contributed by atoms with Crippen LogP contribution >= 0.6 is 0 Å². The average Bonchev–Trinajstić information content (AvgIpc) is 2.92. The summed E-state index contributed by atoms with van der Waals surface area (Å²) < 4.78 is 0. The van der Waals surface area contributed by atoms with E-state index in [2.05, 4.69) is 10.6 Å². The Bertz CT molecular complexity index is 1000. The molecule has 1 unspecified atom stereocenters. The summed E-state index contributed by atoms with van der Waals surface area (Å²) in [6.45, 7) is 5.08. The molecule has 1 aliphatic rings. The molecular formula is C23H25N3O4. The Balaban J connectivity index is 1.72. The monoisotopic (exact) mass is 407 g/mol. The quantitative estimate of drug-likeness (QED) is 0.543. The number of nitrogens with one attached hydrogen (secondary N) is 2. The van der Waals surface area contributed by atoms with Crippen LogP contribution in [0, 0.1) is 6.92 Å². The summed E-state index contributed by atoms with van der Waals surface area (Å²) in [5.41, 5.74) is 1.31. The third kappa shape index (κ3) is 4.10. The van der Waals surface area contributed by atoms with Gasteiger partial charge in [0.25, 0.3) is 5.91 Å². The van der Waals surface area contributed by atoms with Gasteiger partial charge < -0.3 is 10.6 Å². The van der Waals surface area contributed by atoms with E-state index in [1.54, 1.807) is 37.3 Å². The molecule has 0 bridgehead atoms. The fourth-order valence-electron chi connectivity index (χ4n) is 3.58. The van der Waals surface area contributed by atoms with Gasteiger partial charge in [0.2, 0.25) is 5.91 Å². The number of urea groups is 1. The van der Waals surface area contributed by atoms with Gasteiger partial charge in [-0.05, 0) is 55.7 Å². The van der Waals surface area contributed by atoms with Crippen molar-refractivity contribution in [1.29, 1.82) is 0 Å². The molecule has 156 valence electrons. The van der Waals surface area contributed by atoms with E-state index in [1.807, 2.05) is 32.0 Å². The number of rotatable bonds is 7. The van der Waals surface area contributed by atoms with Crippen LogP contribution in [0.25, 0.3) is 0 Å². The smallest absolute Gasteiger partial charge is 0.325 e. The topological polar surface area (TPSA) is 95.6 Å². The minimum absolute atomic E-state index is 0.0913. The number of imide groups is 1. The van der Waals surface area contributed by atoms with Crippen LogP contribution in [0.4, 0.5) is 10.5 Å². The summed E-state index contributed by atoms with van der Waals surface area (Å²) in [7, 11) is 0. The Morgan fingerprint density at radius 1 is 1.07 bits per heavy atom. The molecule has 4 amide bonds. The van der Waals surface area contributed by atoms with E-state index in [9.17, 15) is 19.2 Å². The SMILES string of the molecule is CCCC(=O)Nc1ccc(C(=O)CN2C(=O)NC(C)(c3ccccc3C)C2=O)cc1. The fraction of sp³-hybridized carbons (Fsp3) is 0.304. The van der Waals surface area contributed by atoms with Crippen LogP contribution in [0.5, 0.6) is 0 Å². The zero-order valence-electron chi connectivity index (χ0n) is 17.3. The summed E-state index contributed by atoms with van der Waals surface area (Å²) in [6.07, 6.45) is 1.17. The lowest BCUT2D eigenvalue weighted by Crippen LogP contribution is -2.42. The number of nitrogens with zero attached hydrogens (tertiary/aromatic N) is 1. The Morgan fingerprint density at radius 2 is 1.73 bits per heavy atom. The highest BCUT2D eigenvalue weighted by Crippen LogP contribution is 2.31. The van der Waals surface area contributed by atoms with Gasteiger partial charge >= 0.3 is 6.03 Å². The third-order valence-corrected chi connectivity index (χ3v) is 5.23. The molecule has 2 aromatic carbocycles. The van der Waals surface area contributed by atoms with Crippen LogP contribution in [0.15, 0.2) is 48.5 Å². The first-order chi connectivity index (χ1) is 14.3. The van der Waals surface area contributed by atoms with Crippen LogP contribution < -0.4 is 10.6 Å². The molecule has 0 spiro atoms. The Labute approximate surface area is 175 Å². The van der Waals surface area contributed by atoms with Gasteiger partial charge in [0.15, 0.2) is 5.78 Å². The van der Waals surface area contributed by atoms with E-state index >= 15 is 0 Å². The molecular weight excluding hydrogens is 382 g/mol. The number of Topliss-reactive ketones (excluding diaryl/α,β-unsaturated/α-hetero) is 1. The number of anilines is 1. The molecule has 30 heavy (non-hydrogen) atoms. The van der Waals surface area contributed by atoms with E-state index in [0.29, 0.717) is 23.2 Å². The zero-order chi connectivity index (χ0) is 21.9. The van der Waals surface area contributed by atoms with Crippen molar-refractivity contribution < 1.29 is 19.2 Å². The van der Waals surface area contributed by atoms with Gasteiger partial charge in [-0.25, -0.2) is 4.79 Å². The minimum Gasteiger partial charge on any atom is -0.326 e. The van der Waals surface area contributed by atoms with E-state index < -0.39 is 17.5 Å². The van der Waals surface area contributed by atoms with E-state index in [4.69, 9.17) is 0 Å². The third-order valence-electron chi connectivity index (χ3n) is 5.23. The first-order valence-corrected chi connectivity index (χ1v) is 9.89. The highest BCUT2D eigenvalue weighted by Gasteiger charge is 2.49. The molecule has 3 rings (SSSR count). The normalized spacial score (nSPS) is 18.3. The van der Waals surface area contributed by atoms with Crippen molar-refractivity contribution in [3.8, 4) is 0 Å². The van der Waals surface area contributed by atoms with E-state index in [-0.39, 0.29) is 18.2 Å². The second kappa shape index (κ2) is 8.49. The standard InChI is InChI=1S/C23H25N3O4/c1-4-7-20(28)24-17-12-10-16(11-13-17)19(27)14-26-21(29)23(3,25-22(26)30)18-9-6-5-8-15(18)2/h5-6,8-13H,4,7,14H2,1-3H3,(H,24,28)(H,25,30). The molecule has 1 heterocycles. The second-order valence-electron chi connectivity index (χ2n) is 7.56. The molecule has 0 saturated carbocycles. The number of hydrogen-bond donors (Lipinski definition) is 2. The van der Waals surface area contributed by atoms with Crippen molar-refractivity contribution in [3.63, 3.8) is 0 Å². The van der Waals surface area contributed by atoms with E-state index in [0.717, 1.165) is 16.9 Å². The summed E-state index contributed by atoms with van der Waals surface area (Å²) in [5, 5.41) is 5.48. The van der Waals surface area contributed by atoms with Crippen molar-refractivity contribution in [2.45, 2.75) is 39.2 Å². The summed E-state index contributed by atoms with van der Waals surface area (Å²) in [4.78, 5) is 50.8. The maximum absolute atomic E-state index is 13.0. The minimum atomic E-state index is -1.21. The lowest BCUT2D eigenvalue weighted by atomic mass is 9.88. The first-order valence-electron chi connectivity index (χ1n) is 9.89. The van der Waals surface area contributed by atoms with Gasteiger partial charge in [0.05, 0.1) is 6.54 Å². The Hall–Kier alpha value is -3.48. The Morgan fingerprint density at radius 3 is 2.37 bits per heavy atom. The maximum atomic E-state index is 13.0. The predicted octanol–water partition coefficient (Wildman–Crippen LogP) is 3.38. The predicted molar refractivity (Wildman–Crippen MR) is 113 cm³/mol.